The van der Waals surface area contributed by atoms with Crippen molar-refractivity contribution in [2.24, 2.45) is 0 Å². The number of para-hydroxylation sites is 1. The molecule has 3 aromatic carbocycles. The van der Waals surface area contributed by atoms with Gasteiger partial charge in [-0.3, -0.25) is 9.59 Å². The molecule has 0 aliphatic rings. The van der Waals surface area contributed by atoms with Crippen LogP contribution in [0.3, 0.4) is 0 Å². The van der Waals surface area contributed by atoms with Crippen LogP contribution in [0.25, 0.3) is 0 Å². The van der Waals surface area contributed by atoms with Gasteiger partial charge in [-0.15, -0.1) is 0 Å². The highest BCUT2D eigenvalue weighted by atomic mass is 32.2. The molecule has 0 bridgehead atoms. The van der Waals surface area contributed by atoms with Gasteiger partial charge in [-0.05, 0) is 36.4 Å². The van der Waals surface area contributed by atoms with Gasteiger partial charge in [0.05, 0.1) is 10.5 Å². The molecule has 0 aromatic heterocycles. The number of anilines is 2. The third kappa shape index (κ3) is 5.68. The summed E-state index contributed by atoms with van der Waals surface area (Å²) < 4.78 is 29.3. The van der Waals surface area contributed by atoms with Crippen LogP contribution in [0.4, 0.5) is 11.4 Å². The van der Waals surface area contributed by atoms with Crippen LogP contribution in [0.5, 0.6) is 5.75 Å². The molecular formula is C22H20N2O5S. The monoisotopic (exact) mass is 424 g/mol. The van der Waals surface area contributed by atoms with Crippen LogP contribution in [0, 0.1) is 0 Å². The normalized spacial score (nSPS) is 10.8. The smallest absolute Gasteiger partial charge is 0.262 e. The van der Waals surface area contributed by atoms with Gasteiger partial charge in [0, 0.05) is 23.7 Å². The molecule has 0 heterocycles. The third-order valence-electron chi connectivity index (χ3n) is 4.05. The van der Waals surface area contributed by atoms with Gasteiger partial charge in [-0.25, -0.2) is 8.42 Å². The van der Waals surface area contributed by atoms with Crippen LogP contribution in [0.2, 0.25) is 0 Å². The van der Waals surface area contributed by atoms with E-state index in [4.69, 9.17) is 4.74 Å². The molecule has 0 fully saturated rings. The van der Waals surface area contributed by atoms with E-state index >= 15 is 0 Å². The molecule has 2 N–H and O–H groups in total. The third-order valence-corrected chi connectivity index (χ3v) is 5.21. The summed E-state index contributed by atoms with van der Waals surface area (Å²) in [5.74, 6) is -0.500. The van der Waals surface area contributed by atoms with Crippen molar-refractivity contribution >= 4 is 33.0 Å². The Balaban J connectivity index is 1.65. The summed E-state index contributed by atoms with van der Waals surface area (Å²) in [7, 11) is -3.55. The van der Waals surface area contributed by atoms with Crippen molar-refractivity contribution in [1.29, 1.82) is 0 Å². The second kappa shape index (κ2) is 9.23. The van der Waals surface area contributed by atoms with Crippen molar-refractivity contribution in [2.45, 2.75) is 4.90 Å². The lowest BCUT2D eigenvalue weighted by Gasteiger charge is -2.11. The van der Waals surface area contributed by atoms with Crippen LogP contribution in [-0.2, 0) is 14.6 Å². The zero-order valence-electron chi connectivity index (χ0n) is 16.2. The summed E-state index contributed by atoms with van der Waals surface area (Å²) in [6.07, 6.45) is 1.05. The minimum absolute atomic E-state index is 0.0486. The number of nitrogens with one attached hydrogen (secondary N) is 2. The molecule has 0 radical (unpaired) electrons. The summed E-state index contributed by atoms with van der Waals surface area (Å²) >= 11 is 0. The molecule has 2 amide bonds. The summed E-state index contributed by atoms with van der Waals surface area (Å²) in [4.78, 5) is 24.5. The van der Waals surface area contributed by atoms with Crippen LogP contribution >= 0.6 is 0 Å². The number of carbonyl (C=O) groups is 2. The average Bonchev–Trinajstić information content (AvgIpc) is 2.73. The van der Waals surface area contributed by atoms with E-state index in [1.54, 1.807) is 48.5 Å². The van der Waals surface area contributed by atoms with Gasteiger partial charge in [-0.1, -0.05) is 36.4 Å². The Bertz CT molecular complexity index is 1160. The zero-order chi connectivity index (χ0) is 21.6. The van der Waals surface area contributed by atoms with Crippen molar-refractivity contribution < 1.29 is 22.7 Å². The highest BCUT2D eigenvalue weighted by Gasteiger charge is 2.18. The van der Waals surface area contributed by atoms with Crippen molar-refractivity contribution in [3.05, 3.63) is 84.4 Å². The first-order chi connectivity index (χ1) is 14.3. The van der Waals surface area contributed by atoms with Gasteiger partial charge in [0.2, 0.25) is 0 Å². The number of sulfone groups is 1. The van der Waals surface area contributed by atoms with E-state index in [0.717, 1.165) is 6.26 Å². The fourth-order valence-electron chi connectivity index (χ4n) is 2.71. The first kappa shape index (κ1) is 21.1. The SMILES string of the molecule is CS(=O)(=O)c1ccccc1C(=O)Nc1cccc(OCC(=O)Nc2ccccc2)c1. The molecule has 0 unspecified atom stereocenters. The second-order valence-corrected chi connectivity index (χ2v) is 8.44. The molecule has 8 heteroatoms. The lowest BCUT2D eigenvalue weighted by Crippen LogP contribution is -2.20. The quantitative estimate of drug-likeness (QED) is 0.606. The molecule has 154 valence electrons. The first-order valence-electron chi connectivity index (χ1n) is 9.01. The standard InChI is InChI=1S/C22H20N2O5S/c1-30(27,28)20-13-6-5-12-19(20)22(26)24-17-10-7-11-18(14-17)29-15-21(25)23-16-8-3-2-4-9-16/h2-14H,15H2,1H3,(H,23,25)(H,24,26). The summed E-state index contributed by atoms with van der Waals surface area (Å²) in [6, 6.07) is 21.5. The largest absolute Gasteiger partial charge is 0.484 e. The molecule has 0 atom stereocenters. The molecule has 0 saturated carbocycles. The van der Waals surface area contributed by atoms with Gasteiger partial charge < -0.3 is 15.4 Å². The summed E-state index contributed by atoms with van der Waals surface area (Å²) in [5, 5.41) is 5.36. The number of hydrogen-bond acceptors (Lipinski definition) is 5. The lowest BCUT2D eigenvalue weighted by molar-refractivity contribution is -0.118. The van der Waals surface area contributed by atoms with Gasteiger partial charge in [0.1, 0.15) is 5.75 Å². The van der Waals surface area contributed by atoms with Gasteiger partial charge >= 0.3 is 0 Å². The van der Waals surface area contributed by atoms with E-state index < -0.39 is 15.7 Å². The second-order valence-electron chi connectivity index (χ2n) is 6.45. The molecular weight excluding hydrogens is 404 g/mol. The highest BCUT2D eigenvalue weighted by molar-refractivity contribution is 7.90. The molecule has 30 heavy (non-hydrogen) atoms. The minimum Gasteiger partial charge on any atom is -0.484 e. The van der Waals surface area contributed by atoms with Crippen molar-refractivity contribution in [2.75, 3.05) is 23.5 Å². The maximum Gasteiger partial charge on any atom is 0.262 e. The predicted octanol–water partition coefficient (Wildman–Crippen LogP) is 3.36. The van der Waals surface area contributed by atoms with E-state index in [1.165, 1.54) is 12.1 Å². The van der Waals surface area contributed by atoms with E-state index in [-0.39, 0.29) is 23.0 Å². The Morgan fingerprint density at radius 3 is 2.23 bits per heavy atom. The van der Waals surface area contributed by atoms with Crippen LogP contribution in [0.1, 0.15) is 10.4 Å². The Kier molecular flexibility index (Phi) is 6.48. The fraction of sp³-hybridized carbons (Fsp3) is 0.0909. The molecule has 0 aliphatic carbocycles. The van der Waals surface area contributed by atoms with Gasteiger partial charge in [0.25, 0.3) is 11.8 Å². The Labute approximate surface area is 174 Å². The predicted molar refractivity (Wildman–Crippen MR) is 115 cm³/mol. The number of amides is 2. The maximum absolute atomic E-state index is 12.6. The Morgan fingerprint density at radius 1 is 0.833 bits per heavy atom. The first-order valence-corrected chi connectivity index (χ1v) is 10.9. The van der Waals surface area contributed by atoms with E-state index in [2.05, 4.69) is 10.6 Å². The van der Waals surface area contributed by atoms with Crippen LogP contribution in [0.15, 0.2) is 83.8 Å². The zero-order valence-corrected chi connectivity index (χ0v) is 17.0. The number of carbonyl (C=O) groups excluding carboxylic acids is 2. The van der Waals surface area contributed by atoms with Crippen molar-refractivity contribution in [1.82, 2.24) is 0 Å². The average molecular weight is 424 g/mol. The number of ether oxygens (including phenoxy) is 1. The maximum atomic E-state index is 12.6. The van der Waals surface area contributed by atoms with Gasteiger partial charge in [0.15, 0.2) is 16.4 Å². The topological polar surface area (TPSA) is 102 Å². The van der Waals surface area contributed by atoms with Crippen LogP contribution in [-0.4, -0.2) is 33.1 Å². The Morgan fingerprint density at radius 2 is 1.50 bits per heavy atom. The highest BCUT2D eigenvalue weighted by Crippen LogP contribution is 2.21. The van der Waals surface area contributed by atoms with Gasteiger partial charge in [-0.2, -0.15) is 0 Å². The summed E-state index contributed by atoms with van der Waals surface area (Å²) in [6.45, 7) is -0.205. The van der Waals surface area contributed by atoms with E-state index in [0.29, 0.717) is 17.1 Å². The Hall–Kier alpha value is -3.65. The molecule has 0 spiro atoms. The lowest BCUT2D eigenvalue weighted by atomic mass is 10.2. The minimum atomic E-state index is -3.55. The number of rotatable bonds is 7. The number of benzene rings is 3. The van der Waals surface area contributed by atoms with Crippen molar-refractivity contribution in [3.8, 4) is 5.75 Å². The molecule has 7 nitrogen and oxygen atoms in total. The summed E-state index contributed by atoms with van der Waals surface area (Å²) in [5.41, 5.74) is 1.12. The molecule has 0 aliphatic heterocycles. The number of hydrogen-bond donors (Lipinski definition) is 2. The molecule has 3 rings (SSSR count). The fourth-order valence-corrected chi connectivity index (χ4v) is 3.59. The van der Waals surface area contributed by atoms with Crippen molar-refractivity contribution in [3.63, 3.8) is 0 Å². The van der Waals surface area contributed by atoms with Crippen LogP contribution < -0.4 is 15.4 Å². The molecule has 3 aromatic rings. The van der Waals surface area contributed by atoms with E-state index in [9.17, 15) is 18.0 Å². The molecule has 0 saturated heterocycles. The van der Waals surface area contributed by atoms with E-state index in [1.807, 2.05) is 18.2 Å².